The van der Waals surface area contributed by atoms with E-state index in [4.69, 9.17) is 4.42 Å². The van der Waals surface area contributed by atoms with Crippen LogP contribution in [0, 0.1) is 0 Å². The molecule has 1 N–H and O–H groups in total. The van der Waals surface area contributed by atoms with E-state index in [2.05, 4.69) is 14.7 Å². The van der Waals surface area contributed by atoms with Gasteiger partial charge in [0.25, 0.3) is 0 Å². The minimum absolute atomic E-state index is 0.218. The summed E-state index contributed by atoms with van der Waals surface area (Å²) in [6.45, 7) is -0.349. The van der Waals surface area contributed by atoms with Crippen LogP contribution in [0.25, 0.3) is 11.5 Å². The van der Waals surface area contributed by atoms with Gasteiger partial charge >= 0.3 is 6.18 Å². The predicted molar refractivity (Wildman–Crippen MR) is 85.2 cm³/mol. The normalized spacial score (nSPS) is 12.3. The highest BCUT2D eigenvalue weighted by molar-refractivity contribution is 7.89. The number of nitrogens with zero attached hydrogens (tertiary/aromatic N) is 2. The van der Waals surface area contributed by atoms with Crippen LogP contribution >= 0.6 is 0 Å². The number of aromatic nitrogens is 2. The molecule has 26 heavy (non-hydrogen) atoms. The zero-order valence-electron chi connectivity index (χ0n) is 13.1. The summed E-state index contributed by atoms with van der Waals surface area (Å²) in [7, 11) is -4.43. The molecule has 3 aromatic rings. The Hall–Kier alpha value is -2.72. The summed E-state index contributed by atoms with van der Waals surface area (Å²) in [4.78, 5) is 7.26. The van der Waals surface area contributed by atoms with Crippen LogP contribution in [-0.2, 0) is 22.7 Å². The fourth-order valence-electron chi connectivity index (χ4n) is 2.29. The van der Waals surface area contributed by atoms with Crippen molar-refractivity contribution in [3.05, 3.63) is 66.3 Å². The lowest BCUT2D eigenvalue weighted by Crippen LogP contribution is -2.26. The van der Waals surface area contributed by atoms with E-state index in [0.717, 1.165) is 12.1 Å². The molecule has 0 saturated heterocycles. The molecule has 136 valence electrons. The predicted octanol–water partition coefficient (Wildman–Crippen LogP) is 3.23. The third kappa shape index (κ3) is 3.75. The van der Waals surface area contributed by atoms with Crippen molar-refractivity contribution in [3.8, 4) is 11.5 Å². The first-order valence-electron chi connectivity index (χ1n) is 7.29. The Kier molecular flexibility index (Phi) is 4.79. The molecule has 0 bridgehead atoms. The van der Waals surface area contributed by atoms with Crippen LogP contribution in [0.4, 0.5) is 13.2 Å². The number of rotatable bonds is 5. The molecule has 0 spiro atoms. The van der Waals surface area contributed by atoms with Crippen LogP contribution in [0.15, 0.2) is 64.4 Å². The van der Waals surface area contributed by atoms with E-state index in [0.29, 0.717) is 17.5 Å². The van der Waals surface area contributed by atoms with Crippen molar-refractivity contribution in [2.75, 3.05) is 0 Å². The average Bonchev–Trinajstić information content (AvgIpc) is 3.14. The Labute approximate surface area is 146 Å². The topological polar surface area (TPSA) is 85.1 Å². The molecule has 1 aromatic carbocycles. The fourth-order valence-corrected chi connectivity index (χ4v) is 3.50. The smallest absolute Gasteiger partial charge is 0.417 e. The number of alkyl halides is 3. The summed E-state index contributed by atoms with van der Waals surface area (Å²) in [5.41, 5.74) is -0.724. The summed E-state index contributed by atoms with van der Waals surface area (Å²) < 4.78 is 71.3. The van der Waals surface area contributed by atoms with Crippen molar-refractivity contribution in [1.29, 1.82) is 0 Å². The molecule has 2 aromatic heterocycles. The average molecular weight is 383 g/mol. The monoisotopic (exact) mass is 383 g/mol. The number of hydrogen-bond acceptors (Lipinski definition) is 5. The SMILES string of the molecule is O=S(=O)(NCc1nccnc1-c1ccco1)c1ccccc1C(F)(F)F. The molecule has 0 saturated carbocycles. The summed E-state index contributed by atoms with van der Waals surface area (Å²) in [6.07, 6.45) is -0.636. The molecule has 3 rings (SSSR count). The van der Waals surface area contributed by atoms with Gasteiger partial charge in [-0.2, -0.15) is 13.2 Å². The van der Waals surface area contributed by atoms with Crippen LogP contribution < -0.4 is 4.72 Å². The van der Waals surface area contributed by atoms with Gasteiger partial charge < -0.3 is 4.42 Å². The number of halogens is 3. The number of furan rings is 1. The van der Waals surface area contributed by atoms with Gasteiger partial charge in [-0.15, -0.1) is 0 Å². The van der Waals surface area contributed by atoms with Crippen LogP contribution in [0.5, 0.6) is 0 Å². The van der Waals surface area contributed by atoms with Gasteiger partial charge in [0.1, 0.15) is 5.69 Å². The Morgan fingerprint density at radius 3 is 2.46 bits per heavy atom. The van der Waals surface area contributed by atoms with Crippen molar-refractivity contribution < 1.29 is 26.0 Å². The summed E-state index contributed by atoms with van der Waals surface area (Å²) in [5.74, 6) is 0.364. The molecule has 0 aliphatic carbocycles. The molecule has 6 nitrogen and oxygen atoms in total. The quantitative estimate of drug-likeness (QED) is 0.731. The third-order valence-corrected chi connectivity index (χ3v) is 4.90. The fraction of sp³-hybridized carbons (Fsp3) is 0.125. The molecular formula is C16H12F3N3O3S. The van der Waals surface area contributed by atoms with Crippen molar-refractivity contribution >= 4 is 10.0 Å². The zero-order valence-corrected chi connectivity index (χ0v) is 13.9. The second-order valence-corrected chi connectivity index (χ2v) is 6.88. The first-order chi connectivity index (χ1) is 12.3. The van der Waals surface area contributed by atoms with E-state index in [1.165, 1.54) is 24.7 Å². The molecule has 0 atom stereocenters. The van der Waals surface area contributed by atoms with E-state index in [1.807, 2.05) is 0 Å². The molecular weight excluding hydrogens is 371 g/mol. The number of benzene rings is 1. The van der Waals surface area contributed by atoms with Gasteiger partial charge in [-0.25, -0.2) is 18.1 Å². The van der Waals surface area contributed by atoms with E-state index in [9.17, 15) is 21.6 Å². The van der Waals surface area contributed by atoms with Crippen LogP contribution in [0.2, 0.25) is 0 Å². The van der Waals surface area contributed by atoms with Gasteiger partial charge in [-0.05, 0) is 24.3 Å². The molecule has 0 amide bonds. The Bertz CT molecular complexity index is 1000. The van der Waals surface area contributed by atoms with Crippen molar-refractivity contribution in [2.24, 2.45) is 0 Å². The van der Waals surface area contributed by atoms with Gasteiger partial charge in [-0.3, -0.25) is 4.98 Å². The third-order valence-electron chi connectivity index (χ3n) is 3.44. The minimum Gasteiger partial charge on any atom is -0.463 e. The summed E-state index contributed by atoms with van der Waals surface area (Å²) in [5, 5.41) is 0. The Morgan fingerprint density at radius 2 is 1.77 bits per heavy atom. The second kappa shape index (κ2) is 6.89. The molecule has 0 aliphatic rings. The van der Waals surface area contributed by atoms with Gasteiger partial charge in [0, 0.05) is 12.4 Å². The lowest BCUT2D eigenvalue weighted by atomic mass is 10.2. The van der Waals surface area contributed by atoms with Gasteiger partial charge in [-0.1, -0.05) is 12.1 Å². The van der Waals surface area contributed by atoms with E-state index >= 15 is 0 Å². The highest BCUT2D eigenvalue weighted by atomic mass is 32.2. The number of sulfonamides is 1. The lowest BCUT2D eigenvalue weighted by Gasteiger charge is -2.14. The summed E-state index contributed by atoms with van der Waals surface area (Å²) in [6, 6.07) is 7.19. The highest BCUT2D eigenvalue weighted by Gasteiger charge is 2.36. The number of nitrogens with one attached hydrogen (secondary N) is 1. The van der Waals surface area contributed by atoms with Crippen molar-refractivity contribution in [1.82, 2.24) is 14.7 Å². The maximum Gasteiger partial charge on any atom is 0.417 e. The van der Waals surface area contributed by atoms with Crippen molar-refractivity contribution in [3.63, 3.8) is 0 Å². The Morgan fingerprint density at radius 1 is 1.04 bits per heavy atom. The van der Waals surface area contributed by atoms with E-state index in [-0.39, 0.29) is 12.2 Å². The highest BCUT2D eigenvalue weighted by Crippen LogP contribution is 2.34. The Balaban J connectivity index is 1.90. The van der Waals surface area contributed by atoms with Crippen molar-refractivity contribution in [2.45, 2.75) is 17.6 Å². The second-order valence-electron chi connectivity index (χ2n) is 5.15. The standard InChI is InChI=1S/C16H12F3N3O3S/c17-16(18,19)11-4-1-2-6-14(11)26(23,24)22-10-12-15(21-8-7-20-12)13-5-3-9-25-13/h1-9,22H,10H2. The van der Waals surface area contributed by atoms with Crippen LogP contribution in [-0.4, -0.2) is 18.4 Å². The minimum atomic E-state index is -4.79. The molecule has 2 heterocycles. The first kappa shape index (κ1) is 18.1. The molecule has 0 unspecified atom stereocenters. The van der Waals surface area contributed by atoms with E-state index < -0.39 is 26.7 Å². The number of hydrogen-bond donors (Lipinski definition) is 1. The van der Waals surface area contributed by atoms with Gasteiger partial charge in [0.05, 0.1) is 29.0 Å². The molecule has 0 radical (unpaired) electrons. The van der Waals surface area contributed by atoms with Gasteiger partial charge in [0.15, 0.2) is 5.76 Å². The zero-order chi connectivity index (χ0) is 18.8. The van der Waals surface area contributed by atoms with Crippen LogP contribution in [0.3, 0.4) is 0 Å². The van der Waals surface area contributed by atoms with Crippen LogP contribution in [0.1, 0.15) is 11.3 Å². The maximum atomic E-state index is 13.1. The molecule has 10 heteroatoms. The largest absolute Gasteiger partial charge is 0.463 e. The lowest BCUT2D eigenvalue weighted by molar-refractivity contribution is -0.139. The van der Waals surface area contributed by atoms with E-state index in [1.54, 1.807) is 12.1 Å². The van der Waals surface area contributed by atoms with Gasteiger partial charge in [0.2, 0.25) is 10.0 Å². The first-order valence-corrected chi connectivity index (χ1v) is 8.77. The summed E-state index contributed by atoms with van der Waals surface area (Å²) >= 11 is 0. The molecule has 0 aliphatic heterocycles. The molecule has 0 fully saturated rings. The maximum absolute atomic E-state index is 13.1.